The van der Waals surface area contributed by atoms with Gasteiger partial charge in [0.1, 0.15) is 5.75 Å². The molecule has 2 N–H and O–H groups in total. The van der Waals surface area contributed by atoms with Crippen LogP contribution in [0.25, 0.3) is 0 Å². The molecule has 4 nitrogen and oxygen atoms in total. The van der Waals surface area contributed by atoms with Crippen LogP contribution in [0.5, 0.6) is 17.2 Å². The van der Waals surface area contributed by atoms with Crippen molar-refractivity contribution in [3.05, 3.63) is 65.2 Å². The number of ketones is 1. The summed E-state index contributed by atoms with van der Waals surface area (Å²) in [4.78, 5) is 11.9. The summed E-state index contributed by atoms with van der Waals surface area (Å²) in [6.07, 6.45) is 6.15. The highest BCUT2D eigenvalue weighted by atomic mass is 16.5. The van der Waals surface area contributed by atoms with Gasteiger partial charge < -0.3 is 14.9 Å². The van der Waals surface area contributed by atoms with Gasteiger partial charge in [0.05, 0.1) is 7.11 Å². The van der Waals surface area contributed by atoms with Gasteiger partial charge in [-0.15, -0.1) is 0 Å². The lowest BCUT2D eigenvalue weighted by molar-refractivity contribution is -0.114. The highest BCUT2D eigenvalue weighted by Crippen LogP contribution is 2.26. The summed E-state index contributed by atoms with van der Waals surface area (Å²) >= 11 is 0. The number of aromatic hydroxyl groups is 2. The van der Waals surface area contributed by atoms with Crippen molar-refractivity contribution in [3.63, 3.8) is 0 Å². The fourth-order valence-electron chi connectivity index (χ4n) is 2.57. The minimum Gasteiger partial charge on any atom is -0.508 e. The van der Waals surface area contributed by atoms with E-state index < -0.39 is 0 Å². The lowest BCUT2D eigenvalue weighted by Gasteiger charge is -2.05. The molecule has 0 radical (unpaired) electrons. The molecule has 0 atom stereocenters. The number of allylic oxidation sites excluding steroid dienone is 2. The number of phenolic OH excluding ortho intramolecular Hbond substituents is 2. The van der Waals surface area contributed by atoms with E-state index in [-0.39, 0.29) is 17.3 Å². The minimum absolute atomic E-state index is 0.0917. The van der Waals surface area contributed by atoms with E-state index in [1.165, 1.54) is 7.11 Å². The van der Waals surface area contributed by atoms with Crippen LogP contribution in [0, 0.1) is 6.92 Å². The van der Waals surface area contributed by atoms with E-state index >= 15 is 0 Å². The van der Waals surface area contributed by atoms with E-state index in [4.69, 9.17) is 4.74 Å². The average Bonchev–Trinajstić information content (AvgIpc) is 2.61. The maximum atomic E-state index is 11.9. The molecule has 2 aromatic rings. The number of hydrogen-bond acceptors (Lipinski definition) is 4. The quantitative estimate of drug-likeness (QED) is 0.710. The van der Waals surface area contributed by atoms with Crippen LogP contribution in [-0.2, 0) is 17.6 Å². The molecular weight excluding hydrogens is 316 g/mol. The zero-order valence-electron chi connectivity index (χ0n) is 14.7. The molecule has 0 unspecified atom stereocenters. The summed E-state index contributed by atoms with van der Waals surface area (Å²) < 4.78 is 5.08. The third-order valence-corrected chi connectivity index (χ3v) is 4.07. The molecule has 0 heterocycles. The first-order valence-electron chi connectivity index (χ1n) is 8.33. The number of hydrogen-bond donors (Lipinski definition) is 2. The fourth-order valence-corrected chi connectivity index (χ4v) is 2.57. The van der Waals surface area contributed by atoms with Gasteiger partial charge in [-0.3, -0.25) is 4.79 Å². The number of carbonyl (C=O) groups excluding carboxylic acids is 1. The molecule has 0 saturated heterocycles. The third kappa shape index (κ3) is 5.68. The van der Waals surface area contributed by atoms with E-state index in [1.807, 2.05) is 31.2 Å². The number of benzene rings is 2. The summed E-state index contributed by atoms with van der Waals surface area (Å²) in [6.45, 7) is 1.85. The second-order valence-electron chi connectivity index (χ2n) is 6.03. The second kappa shape index (κ2) is 8.92. The molecule has 0 fully saturated rings. The molecule has 25 heavy (non-hydrogen) atoms. The highest BCUT2D eigenvalue weighted by molar-refractivity contribution is 5.89. The molecule has 0 aromatic heterocycles. The summed E-state index contributed by atoms with van der Waals surface area (Å²) in [7, 11) is 1.52. The van der Waals surface area contributed by atoms with E-state index in [9.17, 15) is 15.0 Å². The summed E-state index contributed by atoms with van der Waals surface area (Å²) in [5.41, 5.74) is 2.92. The number of carbonyl (C=O) groups is 1. The van der Waals surface area contributed by atoms with Crippen LogP contribution in [0.1, 0.15) is 29.5 Å². The molecule has 0 amide bonds. The zero-order valence-corrected chi connectivity index (χ0v) is 14.7. The molecule has 2 rings (SSSR count). The van der Waals surface area contributed by atoms with Gasteiger partial charge in [0.25, 0.3) is 0 Å². The van der Waals surface area contributed by atoms with Crippen LogP contribution >= 0.6 is 0 Å². The lowest BCUT2D eigenvalue weighted by atomic mass is 10.0. The van der Waals surface area contributed by atoms with Gasteiger partial charge in [-0.2, -0.15) is 0 Å². The van der Waals surface area contributed by atoms with Crippen LogP contribution in [0.15, 0.2) is 48.6 Å². The lowest BCUT2D eigenvalue weighted by Crippen LogP contribution is -1.96. The van der Waals surface area contributed by atoms with Gasteiger partial charge in [0, 0.05) is 6.42 Å². The van der Waals surface area contributed by atoms with Crippen molar-refractivity contribution in [2.75, 3.05) is 7.11 Å². The van der Waals surface area contributed by atoms with Crippen molar-refractivity contribution in [2.45, 2.75) is 32.6 Å². The van der Waals surface area contributed by atoms with Crippen molar-refractivity contribution in [1.29, 1.82) is 0 Å². The van der Waals surface area contributed by atoms with Crippen LogP contribution in [0.2, 0.25) is 0 Å². The maximum absolute atomic E-state index is 11.9. The van der Waals surface area contributed by atoms with Crippen LogP contribution in [0.3, 0.4) is 0 Å². The molecule has 0 aliphatic carbocycles. The SMILES string of the molecule is COc1cc(CC/C=C/C(=O)CCc2ccc(O)c(C)c2)ccc1O. The van der Waals surface area contributed by atoms with Crippen LogP contribution in [0.4, 0.5) is 0 Å². The average molecular weight is 340 g/mol. The van der Waals surface area contributed by atoms with Crippen molar-refractivity contribution >= 4 is 5.78 Å². The Kier molecular flexibility index (Phi) is 6.63. The van der Waals surface area contributed by atoms with Gasteiger partial charge in [-0.05, 0) is 67.2 Å². The number of methoxy groups -OCH3 is 1. The van der Waals surface area contributed by atoms with E-state index in [2.05, 4.69) is 0 Å². The molecule has 0 saturated carbocycles. The molecule has 0 bridgehead atoms. The number of aryl methyl sites for hydroxylation is 3. The Bertz CT molecular complexity index is 762. The van der Waals surface area contributed by atoms with Crippen molar-refractivity contribution in [1.82, 2.24) is 0 Å². The molecule has 0 aliphatic rings. The van der Waals surface area contributed by atoms with E-state index in [1.54, 1.807) is 24.3 Å². The first kappa shape index (κ1) is 18.6. The molecule has 0 aliphatic heterocycles. The summed E-state index contributed by atoms with van der Waals surface area (Å²) in [5, 5.41) is 19.1. The Morgan fingerprint density at radius 3 is 2.40 bits per heavy atom. The van der Waals surface area contributed by atoms with Gasteiger partial charge in [-0.25, -0.2) is 0 Å². The first-order chi connectivity index (χ1) is 12.0. The van der Waals surface area contributed by atoms with Crippen molar-refractivity contribution in [3.8, 4) is 17.2 Å². The molecule has 2 aromatic carbocycles. The third-order valence-electron chi connectivity index (χ3n) is 4.07. The number of phenols is 2. The molecule has 4 heteroatoms. The standard InChI is InChI=1S/C21H24O4/c1-15-13-17(8-11-19(15)23)7-10-18(22)6-4-3-5-16-9-12-20(24)21(14-16)25-2/h4,6,8-9,11-14,23-24H,3,5,7,10H2,1-2H3/b6-4+. The Morgan fingerprint density at radius 1 is 1.04 bits per heavy atom. The summed E-state index contributed by atoms with van der Waals surface area (Å²) in [6, 6.07) is 10.7. The van der Waals surface area contributed by atoms with E-state index in [0.717, 1.165) is 29.5 Å². The Hall–Kier alpha value is -2.75. The minimum atomic E-state index is 0.0917. The van der Waals surface area contributed by atoms with Crippen LogP contribution in [-0.4, -0.2) is 23.1 Å². The van der Waals surface area contributed by atoms with Gasteiger partial charge >= 0.3 is 0 Å². The predicted octanol–water partition coefficient (Wildman–Crippen LogP) is 4.11. The van der Waals surface area contributed by atoms with Gasteiger partial charge in [-0.1, -0.05) is 24.3 Å². The molecule has 0 spiro atoms. The predicted molar refractivity (Wildman–Crippen MR) is 98.3 cm³/mol. The Labute approximate surface area is 148 Å². The highest BCUT2D eigenvalue weighted by Gasteiger charge is 2.03. The van der Waals surface area contributed by atoms with Gasteiger partial charge in [0.15, 0.2) is 17.3 Å². The number of rotatable bonds is 8. The van der Waals surface area contributed by atoms with Gasteiger partial charge in [0.2, 0.25) is 0 Å². The van der Waals surface area contributed by atoms with E-state index in [0.29, 0.717) is 18.6 Å². The smallest absolute Gasteiger partial charge is 0.160 e. The van der Waals surface area contributed by atoms with Crippen LogP contribution < -0.4 is 4.74 Å². The Morgan fingerprint density at radius 2 is 1.72 bits per heavy atom. The topological polar surface area (TPSA) is 66.8 Å². The number of ether oxygens (including phenoxy) is 1. The van der Waals surface area contributed by atoms with Crippen molar-refractivity contribution < 1.29 is 19.7 Å². The normalized spacial score (nSPS) is 11.0. The molecular formula is C21H24O4. The first-order valence-corrected chi connectivity index (χ1v) is 8.33. The largest absolute Gasteiger partial charge is 0.508 e. The molecule has 132 valence electrons. The Balaban J connectivity index is 1.77. The monoisotopic (exact) mass is 340 g/mol. The van der Waals surface area contributed by atoms with Crippen molar-refractivity contribution in [2.24, 2.45) is 0 Å². The fraction of sp³-hybridized carbons (Fsp3) is 0.286. The summed E-state index contributed by atoms with van der Waals surface area (Å²) in [5.74, 6) is 0.957. The zero-order chi connectivity index (χ0) is 18.2. The maximum Gasteiger partial charge on any atom is 0.160 e. The second-order valence-corrected chi connectivity index (χ2v) is 6.03.